The molecule has 0 aromatic heterocycles. The standard InChI is InChI=1S/C34H44O2S/c1-3-5-7-9-11-13-27-37-33-25-21-30(22-26-33)29-19-23-32(24-20-29)36-34(35)31-17-15-28(16-18-31)14-12-10-8-6-4-2/h15-26H,3-14,27H2,1-2H3. The fraction of sp³-hybridized carbons (Fsp3) is 0.441. The lowest BCUT2D eigenvalue weighted by molar-refractivity contribution is 0.0735. The van der Waals surface area contributed by atoms with Gasteiger partial charge in [0.15, 0.2) is 0 Å². The Morgan fingerprint density at radius 3 is 1.78 bits per heavy atom. The van der Waals surface area contributed by atoms with E-state index in [-0.39, 0.29) is 5.97 Å². The third kappa shape index (κ3) is 10.8. The van der Waals surface area contributed by atoms with Crippen LogP contribution in [0.25, 0.3) is 11.1 Å². The van der Waals surface area contributed by atoms with Gasteiger partial charge in [0.05, 0.1) is 5.56 Å². The maximum absolute atomic E-state index is 12.6. The van der Waals surface area contributed by atoms with Gasteiger partial charge in [0.2, 0.25) is 0 Å². The highest BCUT2D eigenvalue weighted by molar-refractivity contribution is 7.99. The molecular formula is C34H44O2S. The summed E-state index contributed by atoms with van der Waals surface area (Å²) in [5, 5.41) is 0. The molecule has 0 fully saturated rings. The minimum absolute atomic E-state index is 0.311. The zero-order valence-corrected chi connectivity index (χ0v) is 23.7. The molecule has 0 heterocycles. The van der Waals surface area contributed by atoms with Crippen molar-refractivity contribution >= 4 is 17.7 Å². The highest BCUT2D eigenvalue weighted by Crippen LogP contribution is 2.27. The number of unbranched alkanes of at least 4 members (excludes halogenated alkanes) is 9. The van der Waals surface area contributed by atoms with Gasteiger partial charge in [-0.25, -0.2) is 4.79 Å². The molecule has 0 aliphatic heterocycles. The highest BCUT2D eigenvalue weighted by Gasteiger charge is 2.09. The second-order valence-corrected chi connectivity index (χ2v) is 11.1. The zero-order chi connectivity index (χ0) is 26.1. The molecule has 2 nitrogen and oxygen atoms in total. The van der Waals surface area contributed by atoms with Crippen LogP contribution in [0.2, 0.25) is 0 Å². The van der Waals surface area contributed by atoms with Crippen molar-refractivity contribution in [2.24, 2.45) is 0 Å². The highest BCUT2D eigenvalue weighted by atomic mass is 32.2. The summed E-state index contributed by atoms with van der Waals surface area (Å²) < 4.78 is 5.62. The predicted octanol–water partition coefficient (Wildman–Crippen LogP) is 10.5. The topological polar surface area (TPSA) is 26.3 Å². The first kappa shape index (κ1) is 29.0. The lowest BCUT2D eigenvalue weighted by Crippen LogP contribution is -2.08. The zero-order valence-electron chi connectivity index (χ0n) is 22.8. The van der Waals surface area contributed by atoms with Crippen LogP contribution in [0.15, 0.2) is 77.7 Å². The van der Waals surface area contributed by atoms with Crippen LogP contribution >= 0.6 is 11.8 Å². The second kappa shape index (κ2) is 17.1. The fourth-order valence-corrected chi connectivity index (χ4v) is 5.35. The normalized spacial score (nSPS) is 11.0. The summed E-state index contributed by atoms with van der Waals surface area (Å²) in [6.45, 7) is 4.50. The molecule has 37 heavy (non-hydrogen) atoms. The van der Waals surface area contributed by atoms with E-state index in [0.29, 0.717) is 11.3 Å². The van der Waals surface area contributed by atoms with Crippen molar-refractivity contribution in [2.45, 2.75) is 95.8 Å². The molecule has 0 aliphatic carbocycles. The van der Waals surface area contributed by atoms with Gasteiger partial charge in [-0.15, -0.1) is 11.8 Å². The minimum Gasteiger partial charge on any atom is -0.423 e. The molecule has 0 spiro atoms. The molecule has 0 atom stereocenters. The quantitative estimate of drug-likeness (QED) is 0.0772. The first-order valence-electron chi connectivity index (χ1n) is 14.3. The van der Waals surface area contributed by atoms with Gasteiger partial charge in [-0.05, 0) is 78.1 Å². The molecule has 3 aromatic rings. The molecule has 0 unspecified atom stereocenters. The summed E-state index contributed by atoms with van der Waals surface area (Å²) in [7, 11) is 0. The maximum Gasteiger partial charge on any atom is 0.343 e. The Hall–Kier alpha value is -2.52. The number of hydrogen-bond donors (Lipinski definition) is 0. The van der Waals surface area contributed by atoms with E-state index in [9.17, 15) is 4.79 Å². The van der Waals surface area contributed by atoms with Gasteiger partial charge < -0.3 is 4.74 Å². The lowest BCUT2D eigenvalue weighted by atomic mass is 10.0. The van der Waals surface area contributed by atoms with E-state index in [1.165, 1.54) is 92.4 Å². The van der Waals surface area contributed by atoms with E-state index in [0.717, 1.165) is 12.0 Å². The third-order valence-corrected chi connectivity index (χ3v) is 7.88. The van der Waals surface area contributed by atoms with Gasteiger partial charge in [-0.2, -0.15) is 0 Å². The molecule has 0 aliphatic rings. The van der Waals surface area contributed by atoms with Gasteiger partial charge in [0.25, 0.3) is 0 Å². The Morgan fingerprint density at radius 1 is 0.622 bits per heavy atom. The summed E-state index contributed by atoms with van der Waals surface area (Å²) in [6.07, 6.45) is 15.5. The first-order valence-corrected chi connectivity index (χ1v) is 15.3. The molecule has 0 N–H and O–H groups in total. The summed E-state index contributed by atoms with van der Waals surface area (Å²) in [5.74, 6) is 1.45. The van der Waals surface area contributed by atoms with E-state index in [1.807, 2.05) is 48.2 Å². The Morgan fingerprint density at radius 2 is 1.16 bits per heavy atom. The molecule has 0 amide bonds. The number of benzene rings is 3. The molecule has 198 valence electrons. The molecule has 0 saturated heterocycles. The van der Waals surface area contributed by atoms with Crippen LogP contribution < -0.4 is 4.74 Å². The van der Waals surface area contributed by atoms with E-state index >= 15 is 0 Å². The third-order valence-electron chi connectivity index (χ3n) is 6.78. The van der Waals surface area contributed by atoms with Crippen LogP contribution in [0, 0.1) is 0 Å². The van der Waals surface area contributed by atoms with Gasteiger partial charge in [0.1, 0.15) is 5.75 Å². The van der Waals surface area contributed by atoms with E-state index in [1.54, 1.807) is 0 Å². The van der Waals surface area contributed by atoms with E-state index in [2.05, 4.69) is 50.2 Å². The number of thioether (sulfide) groups is 1. The number of esters is 1. The monoisotopic (exact) mass is 516 g/mol. The van der Waals surface area contributed by atoms with Crippen LogP contribution in [-0.4, -0.2) is 11.7 Å². The number of aryl methyl sites for hydroxylation is 1. The predicted molar refractivity (Wildman–Crippen MR) is 160 cm³/mol. The molecule has 3 rings (SSSR count). The molecule has 3 aromatic carbocycles. The maximum atomic E-state index is 12.6. The van der Waals surface area contributed by atoms with Crippen molar-refractivity contribution in [2.75, 3.05) is 5.75 Å². The SMILES string of the molecule is CCCCCCCCSc1ccc(-c2ccc(OC(=O)c3ccc(CCCCCCC)cc3)cc2)cc1. The Bertz CT molecular complexity index is 1020. The number of carbonyl (C=O) groups is 1. The second-order valence-electron chi connectivity index (χ2n) is 9.92. The molecule has 0 saturated carbocycles. The number of ether oxygens (including phenoxy) is 1. The first-order chi connectivity index (χ1) is 18.2. The fourth-order valence-electron chi connectivity index (χ4n) is 4.44. The van der Waals surface area contributed by atoms with Crippen molar-refractivity contribution < 1.29 is 9.53 Å². The number of rotatable bonds is 17. The summed E-state index contributed by atoms with van der Waals surface area (Å²) >= 11 is 1.94. The molecule has 0 radical (unpaired) electrons. The summed E-state index contributed by atoms with van der Waals surface area (Å²) in [5.41, 5.74) is 4.17. The van der Waals surface area contributed by atoms with Gasteiger partial charge in [-0.3, -0.25) is 0 Å². The largest absolute Gasteiger partial charge is 0.423 e. The average molecular weight is 517 g/mol. The van der Waals surface area contributed by atoms with Gasteiger partial charge in [0, 0.05) is 4.90 Å². The van der Waals surface area contributed by atoms with E-state index < -0.39 is 0 Å². The molecule has 3 heteroatoms. The van der Waals surface area contributed by atoms with Crippen molar-refractivity contribution in [3.8, 4) is 16.9 Å². The molecular weight excluding hydrogens is 472 g/mol. The van der Waals surface area contributed by atoms with Crippen LogP contribution in [0.1, 0.15) is 100 Å². The molecule has 0 bridgehead atoms. The summed E-state index contributed by atoms with van der Waals surface area (Å²) in [4.78, 5) is 13.9. The lowest BCUT2D eigenvalue weighted by Gasteiger charge is -2.08. The van der Waals surface area contributed by atoms with Crippen LogP contribution in [0.5, 0.6) is 5.75 Å². The average Bonchev–Trinajstić information content (AvgIpc) is 2.93. The Kier molecular flexibility index (Phi) is 13.4. The van der Waals surface area contributed by atoms with Crippen LogP contribution in [-0.2, 0) is 6.42 Å². The Balaban J connectivity index is 1.42. The Labute approximate surface area is 229 Å². The smallest absolute Gasteiger partial charge is 0.343 e. The van der Waals surface area contributed by atoms with Gasteiger partial charge in [-0.1, -0.05) is 108 Å². The van der Waals surface area contributed by atoms with Crippen LogP contribution in [0.3, 0.4) is 0 Å². The number of carbonyl (C=O) groups excluding carboxylic acids is 1. The van der Waals surface area contributed by atoms with Crippen molar-refractivity contribution in [3.05, 3.63) is 83.9 Å². The van der Waals surface area contributed by atoms with Crippen molar-refractivity contribution in [3.63, 3.8) is 0 Å². The van der Waals surface area contributed by atoms with Gasteiger partial charge >= 0.3 is 5.97 Å². The van der Waals surface area contributed by atoms with Crippen LogP contribution in [0.4, 0.5) is 0 Å². The van der Waals surface area contributed by atoms with E-state index in [4.69, 9.17) is 4.74 Å². The van der Waals surface area contributed by atoms with Crippen molar-refractivity contribution in [1.29, 1.82) is 0 Å². The number of hydrogen-bond acceptors (Lipinski definition) is 3. The van der Waals surface area contributed by atoms with Crippen molar-refractivity contribution in [1.82, 2.24) is 0 Å². The summed E-state index contributed by atoms with van der Waals surface area (Å²) in [6, 6.07) is 24.4. The minimum atomic E-state index is -0.311.